The minimum atomic E-state index is -0.449. The summed E-state index contributed by atoms with van der Waals surface area (Å²) < 4.78 is 21.7. The summed E-state index contributed by atoms with van der Waals surface area (Å²) in [5.74, 6) is 1.64. The Kier molecular flexibility index (Phi) is 4.86. The first-order valence-corrected chi connectivity index (χ1v) is 11.4. The third-order valence-corrected chi connectivity index (χ3v) is 7.16. The van der Waals surface area contributed by atoms with Crippen LogP contribution in [0.4, 0.5) is 33.1 Å². The number of nitrogens with zero attached hydrogens (tertiary/aromatic N) is 3. The molecule has 0 amide bonds. The van der Waals surface area contributed by atoms with E-state index in [0.29, 0.717) is 17.1 Å². The summed E-state index contributed by atoms with van der Waals surface area (Å²) >= 11 is 12.6. The Hall–Kier alpha value is -2.61. The highest BCUT2D eigenvalue weighted by Gasteiger charge is 2.41. The molecule has 1 atom stereocenters. The molecule has 4 bridgehead atoms. The number of nitrogens with one attached hydrogen (secondary N) is 2. The lowest BCUT2D eigenvalue weighted by molar-refractivity contribution is 0.122. The summed E-state index contributed by atoms with van der Waals surface area (Å²) in [7, 11) is 0. The Morgan fingerprint density at radius 1 is 1.12 bits per heavy atom. The monoisotopic (exact) mass is 473 g/mol. The number of hydrogen-bond acceptors (Lipinski definition) is 5. The molecule has 0 spiro atoms. The van der Waals surface area contributed by atoms with Gasteiger partial charge in [0.2, 0.25) is 0 Å². The van der Waals surface area contributed by atoms with Gasteiger partial charge in [-0.2, -0.15) is 0 Å². The van der Waals surface area contributed by atoms with Crippen LogP contribution in [0, 0.1) is 5.82 Å². The molecule has 6 rings (SSSR count). The van der Waals surface area contributed by atoms with E-state index < -0.39 is 5.82 Å². The van der Waals surface area contributed by atoms with Crippen LogP contribution in [0.5, 0.6) is 0 Å². The minimum absolute atomic E-state index is 0.0883. The van der Waals surface area contributed by atoms with Crippen LogP contribution in [0.25, 0.3) is 0 Å². The van der Waals surface area contributed by atoms with E-state index >= 15 is 0 Å². The predicted molar refractivity (Wildman–Crippen MR) is 127 cm³/mol. The van der Waals surface area contributed by atoms with Crippen molar-refractivity contribution in [3.63, 3.8) is 0 Å². The molecule has 2 aromatic carbocycles. The molecule has 9 heteroatoms. The number of morpholine rings is 1. The van der Waals surface area contributed by atoms with E-state index in [2.05, 4.69) is 55.3 Å². The van der Waals surface area contributed by atoms with Crippen LogP contribution >= 0.6 is 23.2 Å². The highest BCUT2D eigenvalue weighted by Crippen LogP contribution is 2.51. The zero-order chi connectivity index (χ0) is 21.8. The van der Waals surface area contributed by atoms with Crippen LogP contribution in [-0.4, -0.2) is 37.4 Å². The number of benzene rings is 2. The molecule has 166 valence electrons. The summed E-state index contributed by atoms with van der Waals surface area (Å²) in [6.45, 7) is 4.55. The average Bonchev–Trinajstić information content (AvgIpc) is 3.48. The fourth-order valence-corrected chi connectivity index (χ4v) is 5.32. The molecular formula is C23H22Cl2FN5O. The van der Waals surface area contributed by atoms with Crippen LogP contribution in [-0.2, 0) is 11.3 Å². The standard InChI is InChI=1S/C23H22Cl2FN5O/c24-17-4-5-18(26)22(25)16(17)13-30-19-11-20(31-21(30)12-27-23(19)31)28-14-2-1-3-15(10-14)29-6-8-32-9-7-29/h1-5,10-11,21,27-28H,6-9,12-13H2. The van der Waals surface area contributed by atoms with Gasteiger partial charge in [-0.05, 0) is 30.3 Å². The van der Waals surface area contributed by atoms with Crippen LogP contribution in [0.15, 0.2) is 42.5 Å². The van der Waals surface area contributed by atoms with Crippen molar-refractivity contribution in [1.29, 1.82) is 0 Å². The van der Waals surface area contributed by atoms with Gasteiger partial charge in [-0.25, -0.2) is 4.39 Å². The molecule has 1 fully saturated rings. The lowest BCUT2D eigenvalue weighted by Crippen LogP contribution is -2.36. The maximum absolute atomic E-state index is 14.0. The largest absolute Gasteiger partial charge is 0.378 e. The summed E-state index contributed by atoms with van der Waals surface area (Å²) in [5.41, 5.74) is 3.90. The molecule has 0 radical (unpaired) electrons. The first-order chi connectivity index (χ1) is 15.6. The van der Waals surface area contributed by atoms with Crippen molar-refractivity contribution in [3.05, 3.63) is 63.9 Å². The molecule has 6 nitrogen and oxygen atoms in total. The van der Waals surface area contributed by atoms with Crippen molar-refractivity contribution < 1.29 is 9.13 Å². The summed E-state index contributed by atoms with van der Waals surface area (Å²) in [5, 5.41) is 7.61. The summed E-state index contributed by atoms with van der Waals surface area (Å²) in [6, 6.07) is 13.4. The number of anilines is 5. The third-order valence-electron chi connectivity index (χ3n) is 6.40. The van der Waals surface area contributed by atoms with Gasteiger partial charge in [-0.1, -0.05) is 29.3 Å². The Morgan fingerprint density at radius 3 is 2.78 bits per heavy atom. The van der Waals surface area contributed by atoms with Crippen molar-refractivity contribution in [2.75, 3.05) is 53.3 Å². The smallest absolute Gasteiger partial charge is 0.142 e. The van der Waals surface area contributed by atoms with Crippen LogP contribution in [0.3, 0.4) is 0 Å². The van der Waals surface area contributed by atoms with Gasteiger partial charge < -0.3 is 25.2 Å². The Balaban J connectivity index is 1.26. The van der Waals surface area contributed by atoms with Crippen molar-refractivity contribution in [2.24, 2.45) is 0 Å². The second kappa shape index (κ2) is 7.76. The lowest BCUT2D eigenvalue weighted by Gasteiger charge is -2.32. The van der Waals surface area contributed by atoms with E-state index in [-0.39, 0.29) is 11.2 Å². The molecule has 1 unspecified atom stereocenters. The quantitative estimate of drug-likeness (QED) is 0.481. The van der Waals surface area contributed by atoms with Crippen molar-refractivity contribution in [2.45, 2.75) is 12.7 Å². The Morgan fingerprint density at radius 2 is 1.97 bits per heavy atom. The molecule has 4 heterocycles. The molecule has 1 aromatic heterocycles. The van der Waals surface area contributed by atoms with Gasteiger partial charge in [-0.3, -0.25) is 4.57 Å². The molecule has 0 saturated carbocycles. The van der Waals surface area contributed by atoms with E-state index in [9.17, 15) is 4.39 Å². The van der Waals surface area contributed by atoms with E-state index in [4.69, 9.17) is 27.9 Å². The zero-order valence-corrected chi connectivity index (χ0v) is 18.8. The normalized spacial score (nSPS) is 18.9. The Labute approximate surface area is 195 Å². The molecule has 3 aromatic rings. The minimum Gasteiger partial charge on any atom is -0.378 e. The zero-order valence-electron chi connectivity index (χ0n) is 17.2. The number of hydrogen-bond donors (Lipinski definition) is 2. The Bertz CT molecular complexity index is 1190. The van der Waals surface area contributed by atoms with Crippen molar-refractivity contribution >= 4 is 51.9 Å². The van der Waals surface area contributed by atoms with Crippen molar-refractivity contribution in [3.8, 4) is 0 Å². The number of aromatic nitrogens is 1. The number of rotatable bonds is 5. The highest BCUT2D eigenvalue weighted by atomic mass is 35.5. The fourth-order valence-electron chi connectivity index (χ4n) is 4.83. The predicted octanol–water partition coefficient (Wildman–Crippen LogP) is 5.46. The van der Waals surface area contributed by atoms with Gasteiger partial charge in [0, 0.05) is 47.7 Å². The summed E-state index contributed by atoms with van der Waals surface area (Å²) in [4.78, 5) is 4.56. The molecule has 32 heavy (non-hydrogen) atoms. The van der Waals surface area contributed by atoms with Crippen LogP contribution in [0.1, 0.15) is 11.7 Å². The van der Waals surface area contributed by atoms with E-state index in [1.165, 1.54) is 11.8 Å². The second-order valence-corrected chi connectivity index (χ2v) is 9.00. The maximum Gasteiger partial charge on any atom is 0.142 e. The van der Waals surface area contributed by atoms with E-state index in [0.717, 1.165) is 55.9 Å². The summed E-state index contributed by atoms with van der Waals surface area (Å²) in [6.07, 6.45) is 0.0883. The number of halogens is 3. The van der Waals surface area contributed by atoms with E-state index in [1.54, 1.807) is 6.07 Å². The molecule has 0 aliphatic carbocycles. The highest BCUT2D eigenvalue weighted by molar-refractivity contribution is 6.36. The molecule has 3 aliphatic heterocycles. The van der Waals surface area contributed by atoms with Crippen LogP contribution in [0.2, 0.25) is 10.0 Å². The van der Waals surface area contributed by atoms with Gasteiger partial charge >= 0.3 is 0 Å². The molecular weight excluding hydrogens is 452 g/mol. The second-order valence-electron chi connectivity index (χ2n) is 8.22. The first-order valence-electron chi connectivity index (χ1n) is 10.7. The van der Waals surface area contributed by atoms with Gasteiger partial charge in [-0.15, -0.1) is 0 Å². The molecule has 2 N–H and O–H groups in total. The maximum atomic E-state index is 14.0. The first kappa shape index (κ1) is 20.0. The van der Waals surface area contributed by atoms with E-state index in [1.807, 2.05) is 0 Å². The SMILES string of the molecule is Fc1ccc(Cl)c(CN2c3cc(Nc4cccc(N5CCOCC5)c4)n4c3NCC24)c1Cl. The van der Waals surface area contributed by atoms with Gasteiger partial charge in [0.25, 0.3) is 0 Å². The van der Waals surface area contributed by atoms with Gasteiger partial charge in [0.1, 0.15) is 23.6 Å². The third kappa shape index (κ3) is 3.18. The van der Waals surface area contributed by atoms with Crippen LogP contribution < -0.4 is 20.4 Å². The van der Waals surface area contributed by atoms with Gasteiger partial charge in [0.05, 0.1) is 30.5 Å². The van der Waals surface area contributed by atoms with Gasteiger partial charge in [0.15, 0.2) is 0 Å². The molecule has 3 aliphatic rings. The van der Waals surface area contributed by atoms with Crippen molar-refractivity contribution in [1.82, 2.24) is 4.57 Å². The lowest BCUT2D eigenvalue weighted by atomic mass is 10.1. The number of ether oxygens (including phenoxy) is 1. The fraction of sp³-hybridized carbons (Fsp3) is 0.304. The average molecular weight is 474 g/mol. The molecule has 1 saturated heterocycles. The topological polar surface area (TPSA) is 44.7 Å².